The molecule has 0 radical (unpaired) electrons. The van der Waals surface area contributed by atoms with Crippen molar-refractivity contribution in [2.45, 2.75) is 25.6 Å². The van der Waals surface area contributed by atoms with Crippen LogP contribution in [0.1, 0.15) is 12.5 Å². The predicted octanol–water partition coefficient (Wildman–Crippen LogP) is 0.606. The lowest BCUT2D eigenvalue weighted by atomic mass is 10.2. The van der Waals surface area contributed by atoms with Crippen LogP contribution in [0.2, 0.25) is 0 Å². The minimum Gasteiger partial charge on any atom is -0.492 e. The van der Waals surface area contributed by atoms with Crippen molar-refractivity contribution >= 4 is 0 Å². The molecule has 2 atom stereocenters. The van der Waals surface area contributed by atoms with Crippen LogP contribution in [0.15, 0.2) is 24.3 Å². The van der Waals surface area contributed by atoms with Gasteiger partial charge in [0.2, 0.25) is 0 Å². The number of aliphatic hydroxyl groups excluding tert-OH is 1. The zero-order valence-corrected chi connectivity index (χ0v) is 12.0. The lowest BCUT2D eigenvalue weighted by molar-refractivity contribution is -0.0798. The second-order valence-corrected chi connectivity index (χ2v) is 5.18. The van der Waals surface area contributed by atoms with E-state index in [-0.39, 0.29) is 12.7 Å². The largest absolute Gasteiger partial charge is 0.492 e. The van der Waals surface area contributed by atoms with Crippen molar-refractivity contribution < 1.29 is 14.6 Å². The summed E-state index contributed by atoms with van der Waals surface area (Å²) in [5, 5.41) is 9.16. The Morgan fingerprint density at radius 1 is 1.50 bits per heavy atom. The van der Waals surface area contributed by atoms with Gasteiger partial charge in [0.1, 0.15) is 12.4 Å². The van der Waals surface area contributed by atoms with Crippen molar-refractivity contribution in [3.8, 4) is 5.75 Å². The van der Waals surface area contributed by atoms with Crippen LogP contribution in [0.25, 0.3) is 0 Å². The van der Waals surface area contributed by atoms with Crippen molar-refractivity contribution in [1.82, 2.24) is 4.90 Å². The molecule has 5 nitrogen and oxygen atoms in total. The number of hydrogen-bond acceptors (Lipinski definition) is 5. The highest BCUT2D eigenvalue weighted by molar-refractivity contribution is 5.28. The molecule has 1 aromatic carbocycles. The van der Waals surface area contributed by atoms with Crippen LogP contribution in [-0.4, -0.2) is 55.1 Å². The standard InChI is InChI=1S/C15H24N2O3/c1-12-11-20-15(10-18)9-17(12)5-6-19-14-4-2-3-13(7-14)8-16/h2-4,7,12,15,18H,5-6,8-11,16H2,1H3. The summed E-state index contributed by atoms with van der Waals surface area (Å²) in [6.07, 6.45) is -0.0771. The number of nitrogens with two attached hydrogens (primary N) is 1. The maximum atomic E-state index is 9.16. The van der Waals surface area contributed by atoms with E-state index in [1.54, 1.807) is 0 Å². The molecule has 1 aromatic rings. The fraction of sp³-hybridized carbons (Fsp3) is 0.600. The van der Waals surface area contributed by atoms with Crippen LogP contribution in [-0.2, 0) is 11.3 Å². The third-order valence-electron chi connectivity index (χ3n) is 3.62. The fourth-order valence-corrected chi connectivity index (χ4v) is 2.34. The molecule has 2 unspecified atom stereocenters. The zero-order valence-electron chi connectivity index (χ0n) is 12.0. The molecule has 1 aliphatic heterocycles. The maximum Gasteiger partial charge on any atom is 0.119 e. The van der Waals surface area contributed by atoms with E-state index >= 15 is 0 Å². The van der Waals surface area contributed by atoms with E-state index in [9.17, 15) is 0 Å². The van der Waals surface area contributed by atoms with E-state index in [4.69, 9.17) is 20.3 Å². The van der Waals surface area contributed by atoms with Gasteiger partial charge in [-0.25, -0.2) is 0 Å². The average Bonchev–Trinajstić information content (AvgIpc) is 2.49. The summed E-state index contributed by atoms with van der Waals surface area (Å²) in [6, 6.07) is 8.22. The molecule has 0 bridgehead atoms. The van der Waals surface area contributed by atoms with Crippen LogP contribution < -0.4 is 10.5 Å². The molecule has 1 heterocycles. The second kappa shape index (κ2) is 7.59. The molecule has 112 valence electrons. The minimum atomic E-state index is -0.0771. The van der Waals surface area contributed by atoms with Gasteiger partial charge in [0.15, 0.2) is 0 Å². The SMILES string of the molecule is CC1COC(CO)CN1CCOc1cccc(CN)c1. The van der Waals surface area contributed by atoms with Gasteiger partial charge in [-0.15, -0.1) is 0 Å². The molecule has 3 N–H and O–H groups in total. The molecule has 0 amide bonds. The Morgan fingerprint density at radius 2 is 2.35 bits per heavy atom. The first kappa shape index (κ1) is 15.3. The first-order valence-corrected chi connectivity index (χ1v) is 7.11. The van der Waals surface area contributed by atoms with Gasteiger partial charge in [-0.2, -0.15) is 0 Å². The predicted molar refractivity (Wildman–Crippen MR) is 77.7 cm³/mol. The van der Waals surface area contributed by atoms with Gasteiger partial charge >= 0.3 is 0 Å². The number of benzene rings is 1. The average molecular weight is 280 g/mol. The summed E-state index contributed by atoms with van der Waals surface area (Å²) < 4.78 is 11.3. The van der Waals surface area contributed by atoms with E-state index in [1.165, 1.54) is 0 Å². The third-order valence-corrected chi connectivity index (χ3v) is 3.62. The Labute approximate surface area is 120 Å². The monoisotopic (exact) mass is 280 g/mol. The lowest BCUT2D eigenvalue weighted by Crippen LogP contribution is -2.50. The molecule has 5 heteroatoms. The van der Waals surface area contributed by atoms with Gasteiger partial charge in [0, 0.05) is 25.7 Å². The molecule has 1 fully saturated rings. The number of ether oxygens (including phenoxy) is 2. The fourth-order valence-electron chi connectivity index (χ4n) is 2.34. The summed E-state index contributed by atoms with van der Waals surface area (Å²) in [5.41, 5.74) is 6.68. The van der Waals surface area contributed by atoms with Crippen LogP contribution in [0, 0.1) is 0 Å². The van der Waals surface area contributed by atoms with Crippen molar-refractivity contribution in [1.29, 1.82) is 0 Å². The number of hydrogen-bond donors (Lipinski definition) is 2. The molecule has 0 aliphatic carbocycles. The van der Waals surface area contributed by atoms with E-state index in [2.05, 4.69) is 11.8 Å². The minimum absolute atomic E-state index is 0.0720. The normalized spacial score (nSPS) is 23.8. The Hall–Kier alpha value is -1.14. The number of rotatable bonds is 6. The third kappa shape index (κ3) is 4.18. The molecular formula is C15H24N2O3. The van der Waals surface area contributed by atoms with E-state index in [1.807, 2.05) is 24.3 Å². The van der Waals surface area contributed by atoms with Gasteiger partial charge in [-0.05, 0) is 24.6 Å². The van der Waals surface area contributed by atoms with Crippen molar-refractivity contribution in [2.75, 3.05) is 32.9 Å². The highest BCUT2D eigenvalue weighted by Gasteiger charge is 2.25. The highest BCUT2D eigenvalue weighted by Crippen LogP contribution is 2.14. The highest BCUT2D eigenvalue weighted by atomic mass is 16.5. The van der Waals surface area contributed by atoms with E-state index < -0.39 is 0 Å². The van der Waals surface area contributed by atoms with Gasteiger partial charge < -0.3 is 20.3 Å². The summed E-state index contributed by atoms with van der Waals surface area (Å²) in [4.78, 5) is 2.29. The smallest absolute Gasteiger partial charge is 0.119 e. The van der Waals surface area contributed by atoms with Crippen LogP contribution in [0.5, 0.6) is 5.75 Å². The molecule has 0 aromatic heterocycles. The van der Waals surface area contributed by atoms with Crippen LogP contribution in [0.4, 0.5) is 0 Å². The van der Waals surface area contributed by atoms with Crippen molar-refractivity contribution in [3.63, 3.8) is 0 Å². The van der Waals surface area contributed by atoms with Crippen molar-refractivity contribution in [2.24, 2.45) is 5.73 Å². The molecule has 20 heavy (non-hydrogen) atoms. The van der Waals surface area contributed by atoms with Crippen LogP contribution >= 0.6 is 0 Å². The first-order chi connectivity index (χ1) is 9.72. The number of aliphatic hydroxyl groups is 1. The summed E-state index contributed by atoms with van der Waals surface area (Å²) in [6.45, 7) is 5.59. The topological polar surface area (TPSA) is 68.0 Å². The maximum absolute atomic E-state index is 9.16. The quantitative estimate of drug-likeness (QED) is 0.799. The van der Waals surface area contributed by atoms with Gasteiger partial charge in [0.05, 0.1) is 19.3 Å². The summed E-state index contributed by atoms with van der Waals surface area (Å²) in [5.74, 6) is 0.854. The molecule has 0 spiro atoms. The summed E-state index contributed by atoms with van der Waals surface area (Å²) >= 11 is 0. The number of morpholine rings is 1. The van der Waals surface area contributed by atoms with Gasteiger partial charge in [-0.3, -0.25) is 4.90 Å². The second-order valence-electron chi connectivity index (χ2n) is 5.18. The lowest BCUT2D eigenvalue weighted by Gasteiger charge is -2.37. The molecule has 2 rings (SSSR count). The van der Waals surface area contributed by atoms with Gasteiger partial charge in [-0.1, -0.05) is 12.1 Å². The Kier molecular flexibility index (Phi) is 5.79. The molecular weight excluding hydrogens is 256 g/mol. The molecule has 1 saturated heterocycles. The Balaban J connectivity index is 1.79. The van der Waals surface area contributed by atoms with Crippen LogP contribution in [0.3, 0.4) is 0 Å². The zero-order chi connectivity index (χ0) is 14.4. The van der Waals surface area contributed by atoms with Gasteiger partial charge in [0.25, 0.3) is 0 Å². The Morgan fingerprint density at radius 3 is 3.10 bits per heavy atom. The molecule has 1 aliphatic rings. The Bertz CT molecular complexity index is 414. The van der Waals surface area contributed by atoms with Crippen molar-refractivity contribution in [3.05, 3.63) is 29.8 Å². The van der Waals surface area contributed by atoms with E-state index in [0.29, 0.717) is 25.8 Å². The summed E-state index contributed by atoms with van der Waals surface area (Å²) in [7, 11) is 0. The first-order valence-electron chi connectivity index (χ1n) is 7.11. The van der Waals surface area contributed by atoms with E-state index in [0.717, 1.165) is 24.4 Å². The molecule has 0 saturated carbocycles. The number of nitrogens with zero attached hydrogens (tertiary/aromatic N) is 1.